The van der Waals surface area contributed by atoms with Crippen molar-refractivity contribution in [3.8, 4) is 16.9 Å². The van der Waals surface area contributed by atoms with Gasteiger partial charge in [0.25, 0.3) is 5.91 Å². The molecule has 1 N–H and O–H groups in total. The Hall–Kier alpha value is -5.84. The van der Waals surface area contributed by atoms with Crippen LogP contribution in [0.1, 0.15) is 85.4 Å². The Bertz CT molecular complexity index is 2860. The SMILES string of the molecule is C=Cc1cccc(Cn2c(C(=O)O)cc3cc(C)cc(N4C[C@@H](C)n5c(c(CCCOc6cc(C)c(Cl)c(C)c6)c6ccc(Cl)c(-c7c(C)nn(C)c7C)c65)C4=O)c32)n1. The Labute approximate surface area is 353 Å². The van der Waals surface area contributed by atoms with Crippen LogP contribution in [0.4, 0.5) is 5.69 Å². The number of aromatic carboxylic acids is 1. The van der Waals surface area contributed by atoms with Crippen LogP contribution in [0, 0.1) is 34.6 Å². The Balaban J connectivity index is 1.30. The second-order valence-corrected chi connectivity index (χ2v) is 16.5. The van der Waals surface area contributed by atoms with Crippen LogP contribution >= 0.6 is 23.2 Å². The second-order valence-electron chi connectivity index (χ2n) is 15.7. The number of carboxylic acid groups (broad SMARTS) is 1. The highest BCUT2D eigenvalue weighted by Crippen LogP contribution is 2.46. The van der Waals surface area contributed by atoms with Crippen molar-refractivity contribution in [3.63, 3.8) is 0 Å². The van der Waals surface area contributed by atoms with Crippen molar-refractivity contribution in [1.82, 2.24) is 23.9 Å². The monoisotopic (exact) mass is 828 g/mol. The smallest absolute Gasteiger partial charge is 0.352 e. The van der Waals surface area contributed by atoms with Gasteiger partial charge in [0.1, 0.15) is 17.1 Å². The van der Waals surface area contributed by atoms with Gasteiger partial charge in [0.2, 0.25) is 0 Å². The lowest BCUT2D eigenvalue weighted by Crippen LogP contribution is -2.43. The highest BCUT2D eigenvalue weighted by Gasteiger charge is 2.38. The second kappa shape index (κ2) is 15.4. The van der Waals surface area contributed by atoms with Crippen molar-refractivity contribution in [3.05, 3.63) is 134 Å². The Kier molecular flexibility index (Phi) is 10.4. The van der Waals surface area contributed by atoms with Gasteiger partial charge in [0, 0.05) is 52.3 Å². The number of fused-ring (bicyclic) bond motifs is 4. The molecular formula is C47H46Cl2N6O4. The molecule has 1 aliphatic rings. The number of pyridine rings is 1. The minimum absolute atomic E-state index is 0.109. The molecule has 0 spiro atoms. The number of halogens is 2. The van der Waals surface area contributed by atoms with E-state index in [0.717, 1.165) is 71.8 Å². The van der Waals surface area contributed by atoms with Gasteiger partial charge >= 0.3 is 5.97 Å². The maximum absolute atomic E-state index is 15.5. The number of nitrogens with zero attached hydrogens (tertiary/aromatic N) is 6. The Morgan fingerprint density at radius 3 is 2.42 bits per heavy atom. The first-order valence-corrected chi connectivity index (χ1v) is 20.5. The van der Waals surface area contributed by atoms with Crippen LogP contribution in [0.5, 0.6) is 5.75 Å². The van der Waals surface area contributed by atoms with Gasteiger partial charge in [-0.3, -0.25) is 14.5 Å². The Morgan fingerprint density at radius 2 is 1.75 bits per heavy atom. The van der Waals surface area contributed by atoms with Gasteiger partial charge in [-0.1, -0.05) is 41.9 Å². The number of anilines is 1. The summed E-state index contributed by atoms with van der Waals surface area (Å²) in [5.74, 6) is -0.495. The summed E-state index contributed by atoms with van der Waals surface area (Å²) in [6.07, 6.45) is 2.85. The molecule has 1 atom stereocenters. The minimum atomic E-state index is -1.07. The minimum Gasteiger partial charge on any atom is -0.494 e. The number of benzene rings is 3. The van der Waals surface area contributed by atoms with E-state index in [4.69, 9.17) is 38.0 Å². The van der Waals surface area contributed by atoms with Gasteiger partial charge in [-0.15, -0.1) is 0 Å². The fraction of sp³-hybridized carbons (Fsp3) is 0.277. The molecule has 7 aromatic rings. The molecule has 0 radical (unpaired) electrons. The fourth-order valence-corrected chi connectivity index (χ4v) is 9.24. The van der Waals surface area contributed by atoms with Gasteiger partial charge in [-0.2, -0.15) is 5.10 Å². The summed E-state index contributed by atoms with van der Waals surface area (Å²) in [6.45, 7) is 16.8. The van der Waals surface area contributed by atoms with Crippen molar-refractivity contribution in [2.24, 2.45) is 7.05 Å². The zero-order valence-electron chi connectivity index (χ0n) is 34.3. The fourth-order valence-electron chi connectivity index (χ4n) is 8.88. The van der Waals surface area contributed by atoms with Gasteiger partial charge in [0.15, 0.2) is 0 Å². The predicted molar refractivity (Wildman–Crippen MR) is 237 cm³/mol. The first-order chi connectivity index (χ1) is 28.2. The van der Waals surface area contributed by atoms with E-state index in [9.17, 15) is 9.90 Å². The van der Waals surface area contributed by atoms with E-state index >= 15 is 4.79 Å². The van der Waals surface area contributed by atoms with Crippen LogP contribution in [0.3, 0.4) is 0 Å². The lowest BCUT2D eigenvalue weighted by Gasteiger charge is -2.35. The molecule has 0 aliphatic carbocycles. The molecule has 3 aromatic carbocycles. The van der Waals surface area contributed by atoms with Gasteiger partial charge < -0.3 is 23.9 Å². The lowest BCUT2D eigenvalue weighted by molar-refractivity contribution is 0.0686. The van der Waals surface area contributed by atoms with E-state index in [0.29, 0.717) is 59.3 Å². The number of aryl methyl sites for hydroxylation is 6. The normalized spacial score (nSPS) is 14.1. The summed E-state index contributed by atoms with van der Waals surface area (Å²) in [7, 11) is 1.92. The molecule has 8 rings (SSSR count). The van der Waals surface area contributed by atoms with E-state index in [1.165, 1.54) is 0 Å². The molecule has 0 bridgehead atoms. The number of hydrogen-bond acceptors (Lipinski definition) is 5. The summed E-state index contributed by atoms with van der Waals surface area (Å²) < 4.78 is 12.1. The summed E-state index contributed by atoms with van der Waals surface area (Å²) in [5.41, 5.74) is 11.6. The zero-order valence-corrected chi connectivity index (χ0v) is 35.8. The molecular weight excluding hydrogens is 783 g/mol. The van der Waals surface area contributed by atoms with Crippen LogP contribution in [-0.4, -0.2) is 54.0 Å². The van der Waals surface area contributed by atoms with Crippen LogP contribution < -0.4 is 9.64 Å². The molecule has 5 heterocycles. The quantitative estimate of drug-likeness (QED) is 0.130. The molecule has 59 heavy (non-hydrogen) atoms. The average Bonchev–Trinajstić information content (AvgIpc) is 3.81. The largest absolute Gasteiger partial charge is 0.494 e. The zero-order chi connectivity index (χ0) is 42.0. The summed E-state index contributed by atoms with van der Waals surface area (Å²) >= 11 is 13.6. The van der Waals surface area contributed by atoms with Crippen molar-refractivity contribution >= 4 is 68.6 Å². The number of rotatable bonds is 11. The lowest BCUT2D eigenvalue weighted by atomic mass is 9.98. The topological polar surface area (TPSA) is 107 Å². The van der Waals surface area contributed by atoms with Gasteiger partial charge in [-0.25, -0.2) is 4.79 Å². The molecule has 1 aliphatic heterocycles. The summed E-state index contributed by atoms with van der Waals surface area (Å²) in [5, 5.41) is 18.2. The predicted octanol–water partition coefficient (Wildman–Crippen LogP) is 10.9. The maximum atomic E-state index is 15.5. The van der Waals surface area contributed by atoms with E-state index in [-0.39, 0.29) is 24.2 Å². The van der Waals surface area contributed by atoms with Crippen LogP contribution in [0.25, 0.3) is 39.0 Å². The van der Waals surface area contributed by atoms with E-state index < -0.39 is 5.97 Å². The molecule has 0 saturated carbocycles. The number of carboxylic acids is 1. The molecule has 0 fully saturated rings. The van der Waals surface area contributed by atoms with Crippen LogP contribution in [-0.2, 0) is 20.0 Å². The third-order valence-corrected chi connectivity index (χ3v) is 12.5. The van der Waals surface area contributed by atoms with Crippen molar-refractivity contribution in [2.45, 2.75) is 67.0 Å². The van der Waals surface area contributed by atoms with Gasteiger partial charge in [-0.05, 0) is 131 Å². The maximum Gasteiger partial charge on any atom is 0.352 e. The average molecular weight is 830 g/mol. The standard InChI is InChI=1S/C47H46Cl2N6O4/c1-9-32-12-10-13-33(50-32)24-53-39(47(57)58)22-31-18-25(2)19-38(43(31)53)54-23-28(5)55-44-36(15-16-37(48)41(44)40-29(6)51-52(8)30(40)7)35(45(55)46(54)56)14-11-17-59-34-20-26(3)42(49)27(4)21-34/h9-10,12-13,15-16,18-22,28H,1,11,14,17,23-24H2,2-8H3,(H,57,58)/t28-/m1/s1. The van der Waals surface area contributed by atoms with Crippen LogP contribution in [0.2, 0.25) is 10.0 Å². The molecule has 4 aromatic heterocycles. The Morgan fingerprint density at radius 1 is 1.00 bits per heavy atom. The van der Waals surface area contributed by atoms with Crippen molar-refractivity contribution in [1.29, 1.82) is 0 Å². The summed E-state index contributed by atoms with van der Waals surface area (Å²) in [6, 6.07) is 18.9. The summed E-state index contributed by atoms with van der Waals surface area (Å²) in [4.78, 5) is 34.8. The van der Waals surface area contributed by atoms with Gasteiger partial charge in [0.05, 0.1) is 52.0 Å². The number of carbonyl (C=O) groups is 2. The number of amides is 1. The number of aromatic nitrogens is 5. The highest BCUT2D eigenvalue weighted by molar-refractivity contribution is 6.35. The third-order valence-electron chi connectivity index (χ3n) is 11.5. The van der Waals surface area contributed by atoms with Crippen molar-refractivity contribution in [2.75, 3.05) is 18.1 Å². The van der Waals surface area contributed by atoms with Crippen LogP contribution in [0.15, 0.2) is 67.2 Å². The molecule has 0 saturated heterocycles. The molecule has 0 unspecified atom stereocenters. The molecule has 10 nitrogen and oxygen atoms in total. The van der Waals surface area contributed by atoms with E-state index in [2.05, 4.69) is 18.1 Å². The molecule has 302 valence electrons. The number of hydrogen-bond donors (Lipinski definition) is 1. The highest BCUT2D eigenvalue weighted by atomic mass is 35.5. The molecule has 12 heteroatoms. The number of ether oxygens (including phenoxy) is 1. The van der Waals surface area contributed by atoms with E-state index in [1.807, 2.05) is 106 Å². The first-order valence-electron chi connectivity index (χ1n) is 19.7. The first kappa shape index (κ1) is 40.0. The molecule has 1 amide bonds. The van der Waals surface area contributed by atoms with E-state index in [1.54, 1.807) is 16.7 Å². The number of carbonyl (C=O) groups excluding carboxylic acids is 1. The van der Waals surface area contributed by atoms with Crippen molar-refractivity contribution < 1.29 is 19.4 Å². The third kappa shape index (κ3) is 6.88.